The normalized spacial score (nSPS) is 10.0. The van der Waals surface area contributed by atoms with Gasteiger partial charge in [-0.15, -0.1) is 0 Å². The number of nitrogens with one attached hydrogen (secondary N) is 2. The van der Waals surface area contributed by atoms with Crippen molar-refractivity contribution in [2.24, 2.45) is 0 Å². The fourth-order valence-electron chi connectivity index (χ4n) is 1.75. The second-order valence-corrected chi connectivity index (χ2v) is 4.31. The molecular weight excluding hydrogens is 312 g/mol. The van der Waals surface area contributed by atoms with Crippen LogP contribution in [0.15, 0.2) is 41.0 Å². The zero-order valence-electron chi connectivity index (χ0n) is 12.0. The first kappa shape index (κ1) is 16.3. The molecular formula is C14H13F2N3O4. The van der Waals surface area contributed by atoms with Gasteiger partial charge in [0.25, 0.3) is 0 Å². The molecule has 1 aromatic carbocycles. The van der Waals surface area contributed by atoms with Gasteiger partial charge in [0.2, 0.25) is 0 Å². The Morgan fingerprint density at radius 1 is 1.26 bits per heavy atom. The quantitative estimate of drug-likeness (QED) is 0.850. The number of carbonyl (C=O) groups is 2. The Balaban J connectivity index is 2.23. The van der Waals surface area contributed by atoms with Crippen molar-refractivity contribution in [1.82, 2.24) is 10.9 Å². The second kappa shape index (κ2) is 7.25. The van der Waals surface area contributed by atoms with Crippen LogP contribution in [0.25, 0.3) is 0 Å². The zero-order chi connectivity index (χ0) is 16.8. The molecule has 9 heteroatoms. The third-order valence-corrected chi connectivity index (χ3v) is 2.80. The number of carbonyl (C=O) groups excluding carboxylic acids is 2. The molecule has 7 nitrogen and oxygen atoms in total. The van der Waals surface area contributed by atoms with E-state index >= 15 is 0 Å². The smallest absolute Gasteiger partial charge is 0.425 e. The van der Waals surface area contributed by atoms with Crippen molar-refractivity contribution >= 4 is 17.8 Å². The van der Waals surface area contributed by atoms with Gasteiger partial charge in [0, 0.05) is 6.07 Å². The molecule has 0 bridgehead atoms. The van der Waals surface area contributed by atoms with E-state index in [0.29, 0.717) is 11.8 Å². The molecule has 3 amide bonds. The molecule has 0 spiro atoms. The van der Waals surface area contributed by atoms with E-state index in [4.69, 9.17) is 4.42 Å². The molecule has 1 heterocycles. The van der Waals surface area contributed by atoms with Crippen LogP contribution in [-0.4, -0.2) is 19.2 Å². The van der Waals surface area contributed by atoms with Gasteiger partial charge in [-0.05, 0) is 24.3 Å². The first-order chi connectivity index (χ1) is 11.0. The first-order valence-electron chi connectivity index (χ1n) is 6.40. The Bertz CT molecular complexity index is 691. The van der Waals surface area contributed by atoms with Crippen molar-refractivity contribution in [2.75, 3.05) is 12.0 Å². The highest BCUT2D eigenvalue weighted by Crippen LogP contribution is 2.22. The predicted octanol–water partition coefficient (Wildman–Crippen LogP) is 2.54. The lowest BCUT2D eigenvalue weighted by atomic mass is 10.2. The number of rotatable bonds is 3. The Morgan fingerprint density at radius 2 is 2.04 bits per heavy atom. The summed E-state index contributed by atoms with van der Waals surface area (Å²) in [6.07, 6.45) is 0.481. The molecule has 1 aromatic heterocycles. The van der Waals surface area contributed by atoms with Crippen molar-refractivity contribution in [3.8, 4) is 0 Å². The van der Waals surface area contributed by atoms with Crippen LogP contribution in [0.1, 0.15) is 5.76 Å². The maximum Gasteiger partial charge on any atom is 0.425 e. The van der Waals surface area contributed by atoms with Crippen LogP contribution in [0.5, 0.6) is 0 Å². The number of hydrogen-bond acceptors (Lipinski definition) is 4. The lowest BCUT2D eigenvalue weighted by molar-refractivity contribution is 0.165. The predicted molar refractivity (Wildman–Crippen MR) is 75.3 cm³/mol. The number of methoxy groups -OCH3 is 1. The Hall–Kier alpha value is -3.10. The fraction of sp³-hybridized carbons (Fsp3) is 0.143. The van der Waals surface area contributed by atoms with Crippen molar-refractivity contribution in [2.45, 2.75) is 6.54 Å². The van der Waals surface area contributed by atoms with Crippen molar-refractivity contribution in [1.29, 1.82) is 0 Å². The summed E-state index contributed by atoms with van der Waals surface area (Å²) < 4.78 is 36.4. The number of hydrazine groups is 1. The highest BCUT2D eigenvalue weighted by atomic mass is 19.1. The molecule has 2 rings (SSSR count). The molecule has 0 aliphatic heterocycles. The van der Waals surface area contributed by atoms with Crippen LogP contribution < -0.4 is 15.8 Å². The summed E-state index contributed by atoms with van der Waals surface area (Å²) in [6.45, 7) is -0.135. The Labute approximate surface area is 129 Å². The molecule has 0 atom stereocenters. The van der Waals surface area contributed by atoms with Gasteiger partial charge in [0.15, 0.2) is 0 Å². The molecule has 0 aliphatic carbocycles. The number of nitrogens with zero attached hydrogens (tertiary/aromatic N) is 1. The monoisotopic (exact) mass is 325 g/mol. The first-order valence-corrected chi connectivity index (χ1v) is 6.40. The number of benzene rings is 1. The molecule has 0 saturated carbocycles. The maximum absolute atomic E-state index is 14.0. The van der Waals surface area contributed by atoms with Gasteiger partial charge >= 0.3 is 12.1 Å². The number of furan rings is 1. The summed E-state index contributed by atoms with van der Waals surface area (Å²) in [6, 6.07) is 5.07. The third kappa shape index (κ3) is 4.19. The van der Waals surface area contributed by atoms with Crippen molar-refractivity contribution in [3.05, 3.63) is 54.0 Å². The van der Waals surface area contributed by atoms with Gasteiger partial charge in [-0.3, -0.25) is 4.90 Å². The Morgan fingerprint density at radius 3 is 2.65 bits per heavy atom. The molecule has 2 N–H and O–H groups in total. The van der Waals surface area contributed by atoms with E-state index in [0.717, 1.165) is 24.1 Å². The topological polar surface area (TPSA) is 83.8 Å². The van der Waals surface area contributed by atoms with Crippen LogP contribution in [0.2, 0.25) is 0 Å². The van der Waals surface area contributed by atoms with Gasteiger partial charge in [-0.2, -0.15) is 0 Å². The van der Waals surface area contributed by atoms with E-state index in [2.05, 4.69) is 4.74 Å². The van der Waals surface area contributed by atoms with Crippen molar-refractivity contribution < 1.29 is 27.5 Å². The lowest BCUT2D eigenvalue weighted by Crippen LogP contribution is -2.49. The third-order valence-electron chi connectivity index (χ3n) is 2.80. The van der Waals surface area contributed by atoms with Crippen LogP contribution >= 0.6 is 0 Å². The summed E-state index contributed by atoms with van der Waals surface area (Å²) >= 11 is 0. The van der Waals surface area contributed by atoms with E-state index in [9.17, 15) is 18.4 Å². The molecule has 0 aliphatic rings. The summed E-state index contributed by atoms with van der Waals surface area (Å²) in [5.74, 6) is -1.36. The molecule has 0 unspecified atom stereocenters. The average Bonchev–Trinajstić information content (AvgIpc) is 3.03. The second-order valence-electron chi connectivity index (χ2n) is 4.31. The summed E-state index contributed by atoms with van der Waals surface area (Å²) in [5, 5.41) is 0. The van der Waals surface area contributed by atoms with Gasteiger partial charge < -0.3 is 9.15 Å². The highest BCUT2D eigenvalue weighted by molar-refractivity contribution is 5.92. The minimum atomic E-state index is -0.940. The number of anilines is 1. The molecule has 122 valence electrons. The molecule has 2 aromatic rings. The number of hydrogen-bond donors (Lipinski definition) is 2. The summed E-state index contributed by atoms with van der Waals surface area (Å²) in [5.41, 5.74) is 3.82. The van der Waals surface area contributed by atoms with E-state index in [1.807, 2.05) is 10.9 Å². The minimum Gasteiger partial charge on any atom is -0.467 e. The van der Waals surface area contributed by atoms with E-state index in [-0.39, 0.29) is 12.2 Å². The minimum absolute atomic E-state index is 0.135. The molecule has 23 heavy (non-hydrogen) atoms. The van der Waals surface area contributed by atoms with Crippen LogP contribution in [0, 0.1) is 11.6 Å². The molecule has 0 saturated heterocycles. The number of ether oxygens (including phenoxy) is 1. The van der Waals surface area contributed by atoms with Gasteiger partial charge in [0.05, 0.1) is 25.6 Å². The van der Waals surface area contributed by atoms with Crippen LogP contribution in [-0.2, 0) is 11.3 Å². The SMILES string of the molecule is COC(=O)NNC(=O)N(Cc1ccco1)c1ccc(F)cc1F. The van der Waals surface area contributed by atoms with E-state index in [1.54, 1.807) is 12.1 Å². The molecule has 0 fully saturated rings. The summed E-state index contributed by atoms with van der Waals surface area (Å²) in [4.78, 5) is 24.1. The number of amides is 3. The van der Waals surface area contributed by atoms with Crippen LogP contribution in [0.4, 0.5) is 24.1 Å². The summed E-state index contributed by atoms with van der Waals surface area (Å²) in [7, 11) is 1.11. The van der Waals surface area contributed by atoms with Gasteiger partial charge in [0.1, 0.15) is 17.4 Å². The van der Waals surface area contributed by atoms with E-state index in [1.165, 1.54) is 6.26 Å². The highest BCUT2D eigenvalue weighted by Gasteiger charge is 2.21. The van der Waals surface area contributed by atoms with E-state index < -0.39 is 23.8 Å². The van der Waals surface area contributed by atoms with Crippen molar-refractivity contribution in [3.63, 3.8) is 0 Å². The maximum atomic E-state index is 14.0. The van der Waals surface area contributed by atoms with Crippen LogP contribution in [0.3, 0.4) is 0 Å². The van der Waals surface area contributed by atoms with Gasteiger partial charge in [-0.1, -0.05) is 0 Å². The number of halogens is 2. The zero-order valence-corrected chi connectivity index (χ0v) is 12.0. The molecule has 0 radical (unpaired) electrons. The average molecular weight is 325 g/mol. The Kier molecular flexibility index (Phi) is 5.13. The largest absolute Gasteiger partial charge is 0.467 e. The van der Waals surface area contributed by atoms with Gasteiger partial charge in [-0.25, -0.2) is 29.2 Å². The number of urea groups is 1. The standard InChI is InChI=1S/C14H13F2N3O4/c1-22-14(21)18-17-13(20)19(8-10-3-2-6-23-10)12-5-4-9(15)7-11(12)16/h2-7H,8H2,1H3,(H,17,20)(H,18,21). The fourth-order valence-corrected chi connectivity index (χ4v) is 1.75. The lowest BCUT2D eigenvalue weighted by Gasteiger charge is -2.22.